The van der Waals surface area contributed by atoms with Crippen LogP contribution in [0.25, 0.3) is 0 Å². The summed E-state index contributed by atoms with van der Waals surface area (Å²) in [6.07, 6.45) is 116. The van der Waals surface area contributed by atoms with Crippen molar-refractivity contribution in [2.45, 2.75) is 431 Å². The SMILES string of the molecule is CC/C=C\C/C=C\C/C=C\C/C=C\C/C=C\C/C=C\CCCCCCCCCCCCCCCCCCCCCCCCC(=O)OC(COC(=O)CCCCCCCCCCCCCCCCCCCCCCCCCCC/C=C\C/C=C\CCCCCCC)COP(=O)(O)OCC[N+](C)(C)C. The minimum atomic E-state index is -4.40. The fourth-order valence-electron chi connectivity index (χ4n) is 12.9. The fraction of sp³-hybridized carbons (Fsp3) is 0.804. The number of rotatable bonds is 82. The summed E-state index contributed by atoms with van der Waals surface area (Å²) in [5.74, 6) is -0.775. The summed E-state index contributed by atoms with van der Waals surface area (Å²) in [5.41, 5.74) is 0. The maximum Gasteiger partial charge on any atom is 0.472 e. The molecule has 0 bridgehead atoms. The van der Waals surface area contributed by atoms with Gasteiger partial charge in [0.1, 0.15) is 19.8 Å². The Hall–Kier alpha value is -3.07. The van der Waals surface area contributed by atoms with Crippen LogP contribution in [0, 0.1) is 0 Å². The zero-order chi connectivity index (χ0) is 74.0. The molecule has 0 aromatic heterocycles. The van der Waals surface area contributed by atoms with Gasteiger partial charge >= 0.3 is 19.8 Å². The number of carbonyl (C=O) groups excluding carboxylic acids is 2. The van der Waals surface area contributed by atoms with Gasteiger partial charge in [0, 0.05) is 12.8 Å². The van der Waals surface area contributed by atoms with Crippen LogP contribution in [-0.4, -0.2) is 74.9 Å². The van der Waals surface area contributed by atoms with Crippen molar-refractivity contribution >= 4 is 19.8 Å². The van der Waals surface area contributed by atoms with E-state index >= 15 is 0 Å². The molecule has 0 aromatic carbocycles. The Bertz CT molecular complexity index is 2050. The van der Waals surface area contributed by atoms with Crippen molar-refractivity contribution in [3.63, 3.8) is 0 Å². The van der Waals surface area contributed by atoms with Crippen molar-refractivity contribution in [3.05, 3.63) is 97.2 Å². The van der Waals surface area contributed by atoms with Gasteiger partial charge in [0.05, 0.1) is 27.7 Å². The van der Waals surface area contributed by atoms with Gasteiger partial charge < -0.3 is 18.9 Å². The molecular formula is C92H169NO8P+. The van der Waals surface area contributed by atoms with Crippen molar-refractivity contribution in [1.29, 1.82) is 0 Å². The number of esters is 2. The molecule has 102 heavy (non-hydrogen) atoms. The van der Waals surface area contributed by atoms with Crippen molar-refractivity contribution < 1.29 is 42.1 Å². The maximum absolute atomic E-state index is 12.9. The molecule has 10 heteroatoms. The maximum atomic E-state index is 12.9. The Labute approximate surface area is 634 Å². The molecule has 0 spiro atoms. The second-order valence-electron chi connectivity index (χ2n) is 30.9. The van der Waals surface area contributed by atoms with Crippen LogP contribution in [0.5, 0.6) is 0 Å². The second kappa shape index (κ2) is 82.0. The topological polar surface area (TPSA) is 108 Å². The summed E-state index contributed by atoms with van der Waals surface area (Å²) < 4.78 is 34.9. The smallest absolute Gasteiger partial charge is 0.462 e. The third-order valence-electron chi connectivity index (χ3n) is 19.6. The Balaban J connectivity index is 3.87. The number of allylic oxidation sites excluding steroid dienone is 16. The lowest BCUT2D eigenvalue weighted by Crippen LogP contribution is -2.37. The quantitative estimate of drug-likeness (QED) is 0.0211. The molecule has 0 radical (unpaired) electrons. The first-order valence-corrected chi connectivity index (χ1v) is 45.5. The monoisotopic (exact) mass is 1450 g/mol. The predicted octanol–water partition coefficient (Wildman–Crippen LogP) is 29.7. The largest absolute Gasteiger partial charge is 0.472 e. The highest BCUT2D eigenvalue weighted by molar-refractivity contribution is 7.47. The average Bonchev–Trinajstić information content (AvgIpc) is 0.916. The summed E-state index contributed by atoms with van der Waals surface area (Å²) in [6.45, 7) is 4.37. The van der Waals surface area contributed by atoms with Crippen LogP contribution in [0.4, 0.5) is 0 Å². The number of phosphoric ester groups is 1. The van der Waals surface area contributed by atoms with Crippen LogP contribution in [-0.2, 0) is 32.7 Å². The molecule has 1 N–H and O–H groups in total. The molecule has 0 aliphatic rings. The van der Waals surface area contributed by atoms with E-state index in [-0.39, 0.29) is 25.6 Å². The Morgan fingerprint density at radius 3 is 0.833 bits per heavy atom. The number of phosphoric acid groups is 1. The van der Waals surface area contributed by atoms with Crippen molar-refractivity contribution in [3.8, 4) is 0 Å². The minimum absolute atomic E-state index is 0.0329. The molecule has 594 valence electrons. The highest BCUT2D eigenvalue weighted by atomic mass is 31.2. The van der Waals surface area contributed by atoms with E-state index in [1.165, 1.54) is 315 Å². The van der Waals surface area contributed by atoms with Gasteiger partial charge in [-0.05, 0) is 96.3 Å². The molecule has 0 aliphatic heterocycles. The molecule has 2 unspecified atom stereocenters. The van der Waals surface area contributed by atoms with E-state index < -0.39 is 26.5 Å². The molecule has 0 rings (SSSR count). The molecule has 0 fully saturated rings. The molecule has 0 saturated carbocycles. The Morgan fingerprint density at radius 2 is 0.559 bits per heavy atom. The third-order valence-corrected chi connectivity index (χ3v) is 20.6. The lowest BCUT2D eigenvalue weighted by atomic mass is 10.0. The number of ether oxygens (including phenoxy) is 2. The van der Waals surface area contributed by atoms with Gasteiger partial charge in [-0.2, -0.15) is 0 Å². The number of unbranched alkanes of at least 4 members (excludes halogenated alkanes) is 52. The molecule has 0 heterocycles. The molecule has 0 saturated heterocycles. The van der Waals surface area contributed by atoms with Crippen LogP contribution in [0.3, 0.4) is 0 Å². The van der Waals surface area contributed by atoms with Gasteiger partial charge in [-0.3, -0.25) is 18.6 Å². The standard InChI is InChI=1S/C92H168NO8P/c1-6-8-10-12-14-16-18-20-22-24-26-28-30-32-34-36-38-40-42-44-45-46-47-49-51-53-55-57-59-61-63-65-67-69-71-73-75-77-79-81-83-85-92(95)101-90(89-100-102(96,97)99-87-86-93(3,4)5)88-98-91(94)84-82-80-78-76-74-72-70-68-66-64-62-60-58-56-54-52-50-48-43-41-39-37-35-33-31-29-27-25-23-21-19-17-15-13-11-9-7-2/h8,10,14,16,19-22,25-28,32,34,38,40,90H,6-7,9,11-13,15,17-18,23-24,29-31,33,35-37,39,41-89H2,1-5H3/p+1/b10-8-,16-14-,21-19-,22-20-,27-25-,28-26-,34-32-,40-38-. The minimum Gasteiger partial charge on any atom is -0.462 e. The van der Waals surface area contributed by atoms with Gasteiger partial charge in [0.2, 0.25) is 0 Å². The molecular weight excluding hydrogens is 1280 g/mol. The summed E-state index contributed by atoms with van der Waals surface area (Å²) >= 11 is 0. The van der Waals surface area contributed by atoms with Gasteiger partial charge in [-0.1, -0.05) is 413 Å². The number of nitrogens with zero attached hydrogens (tertiary/aromatic N) is 1. The van der Waals surface area contributed by atoms with Crippen molar-refractivity contribution in [2.24, 2.45) is 0 Å². The van der Waals surface area contributed by atoms with Gasteiger partial charge in [0.15, 0.2) is 6.10 Å². The zero-order valence-electron chi connectivity index (χ0n) is 68.1. The van der Waals surface area contributed by atoms with E-state index in [0.717, 1.165) is 77.0 Å². The zero-order valence-corrected chi connectivity index (χ0v) is 69.0. The van der Waals surface area contributed by atoms with Gasteiger partial charge in [-0.25, -0.2) is 4.57 Å². The fourth-order valence-corrected chi connectivity index (χ4v) is 13.7. The Morgan fingerprint density at radius 1 is 0.314 bits per heavy atom. The van der Waals surface area contributed by atoms with E-state index in [1.807, 2.05) is 21.1 Å². The summed E-state index contributed by atoms with van der Waals surface area (Å²) in [4.78, 5) is 36.1. The molecule has 9 nitrogen and oxygen atoms in total. The molecule has 0 aromatic rings. The van der Waals surface area contributed by atoms with Crippen LogP contribution < -0.4 is 0 Å². The van der Waals surface area contributed by atoms with Gasteiger partial charge in [-0.15, -0.1) is 0 Å². The van der Waals surface area contributed by atoms with Crippen molar-refractivity contribution in [1.82, 2.24) is 0 Å². The van der Waals surface area contributed by atoms with Crippen LogP contribution >= 0.6 is 7.82 Å². The van der Waals surface area contributed by atoms with E-state index in [4.69, 9.17) is 18.5 Å². The number of hydrogen-bond acceptors (Lipinski definition) is 7. The third kappa shape index (κ3) is 85.9. The summed E-state index contributed by atoms with van der Waals surface area (Å²) in [7, 11) is 1.50. The highest BCUT2D eigenvalue weighted by Gasteiger charge is 2.27. The highest BCUT2D eigenvalue weighted by Crippen LogP contribution is 2.43. The van der Waals surface area contributed by atoms with E-state index in [2.05, 4.69) is 111 Å². The number of quaternary nitrogens is 1. The number of likely N-dealkylation sites (N-methyl/N-ethyl adjacent to an activating group) is 1. The van der Waals surface area contributed by atoms with Crippen molar-refractivity contribution in [2.75, 3.05) is 47.5 Å². The lowest BCUT2D eigenvalue weighted by molar-refractivity contribution is -0.870. The lowest BCUT2D eigenvalue weighted by Gasteiger charge is -2.24. The first-order valence-electron chi connectivity index (χ1n) is 44.0. The van der Waals surface area contributed by atoms with Crippen LogP contribution in [0.1, 0.15) is 425 Å². The predicted molar refractivity (Wildman–Crippen MR) is 445 cm³/mol. The van der Waals surface area contributed by atoms with Crippen LogP contribution in [0.15, 0.2) is 97.2 Å². The van der Waals surface area contributed by atoms with E-state index in [9.17, 15) is 19.0 Å². The number of carbonyl (C=O) groups is 2. The normalized spacial score (nSPS) is 13.4. The first kappa shape index (κ1) is 98.9. The second-order valence-corrected chi connectivity index (χ2v) is 32.4. The summed E-state index contributed by atoms with van der Waals surface area (Å²) in [6, 6.07) is 0. The average molecular weight is 1450 g/mol. The molecule has 0 aliphatic carbocycles. The first-order chi connectivity index (χ1) is 50.0. The van der Waals surface area contributed by atoms with Crippen LogP contribution in [0.2, 0.25) is 0 Å². The van der Waals surface area contributed by atoms with E-state index in [1.54, 1.807) is 0 Å². The molecule has 2 atom stereocenters. The summed E-state index contributed by atoms with van der Waals surface area (Å²) in [5, 5.41) is 0. The Kier molecular flexibility index (Phi) is 79.5. The molecule has 0 amide bonds. The van der Waals surface area contributed by atoms with Gasteiger partial charge in [0.25, 0.3) is 0 Å². The van der Waals surface area contributed by atoms with E-state index in [0.29, 0.717) is 23.9 Å². The number of hydrogen-bond donors (Lipinski definition) is 1.